The molecule has 0 aliphatic carbocycles. The number of rotatable bonds is 45. The van der Waals surface area contributed by atoms with Crippen LogP contribution in [0.1, 0.15) is 306 Å². The van der Waals surface area contributed by atoms with Gasteiger partial charge in [0.05, 0.1) is 0 Å². The minimum absolute atomic E-state index is 0.141. The second-order valence-electron chi connectivity index (χ2n) is 21.5. The van der Waals surface area contributed by atoms with Gasteiger partial charge in [-0.3, -0.25) is 0 Å². The summed E-state index contributed by atoms with van der Waals surface area (Å²) in [6.07, 6.45) is 54.6. The zero-order chi connectivity index (χ0) is 51.4. The first-order valence-corrected chi connectivity index (χ1v) is 32.1. The molecule has 0 spiro atoms. The topological polar surface area (TPSA) is 60.4 Å². The number of hydrogen-bond acceptors (Lipinski definition) is 2. The fourth-order valence-corrected chi connectivity index (χ4v) is 13.5. The second kappa shape index (κ2) is 44.7. The summed E-state index contributed by atoms with van der Waals surface area (Å²) in [5.41, 5.74) is 10.2. The molecule has 404 valence electrons. The highest BCUT2D eigenvalue weighted by Gasteiger charge is 2.38. The molecule has 1 N–H and O–H groups in total. The first-order valence-electron chi connectivity index (χ1n) is 30.8. The predicted molar refractivity (Wildman–Crippen MR) is 312 cm³/mol. The normalized spacial score (nSPS) is 11.4. The molecule has 0 saturated carbocycles. The summed E-state index contributed by atoms with van der Waals surface area (Å²) in [5.74, 6) is 0. The third kappa shape index (κ3) is 30.3. The molecule has 0 bridgehead atoms. The Morgan fingerprint density at radius 2 is 0.563 bits per heavy atom. The second-order valence-corrected chi connectivity index (χ2v) is 23.4. The summed E-state index contributed by atoms with van der Waals surface area (Å²) in [6, 6.07) is 23.3. The van der Waals surface area contributed by atoms with Gasteiger partial charge in [-0.15, -0.1) is 0 Å². The van der Waals surface area contributed by atoms with Crippen LogP contribution in [-0.2, 0) is 49.4 Å². The summed E-state index contributed by atoms with van der Waals surface area (Å²) < 4.78 is 0. The van der Waals surface area contributed by atoms with E-state index in [1.54, 1.807) is 48.1 Å². The van der Waals surface area contributed by atoms with E-state index in [1.807, 2.05) is 0 Å². The van der Waals surface area contributed by atoms with Crippen LogP contribution >= 0.6 is 0 Å². The van der Waals surface area contributed by atoms with E-state index in [9.17, 15) is 0 Å². The molecule has 0 fully saturated rings. The van der Waals surface area contributed by atoms with Crippen LogP contribution in [0.3, 0.4) is 0 Å². The van der Waals surface area contributed by atoms with Gasteiger partial charge in [-0.05, 0) is 100 Å². The van der Waals surface area contributed by atoms with E-state index in [4.69, 9.17) is 15.0 Å². The molecule has 0 radical (unpaired) electrons. The van der Waals surface area contributed by atoms with Crippen LogP contribution in [-0.4, -0.2) is 11.3 Å². The van der Waals surface area contributed by atoms with E-state index in [-0.39, 0.29) is 10.9 Å². The molecule has 0 heterocycles. The van der Waals surface area contributed by atoms with Gasteiger partial charge in [0.15, 0.2) is 14.7 Å². The smallest absolute Gasteiger partial charge is 0.249 e. The van der Waals surface area contributed by atoms with Gasteiger partial charge in [-0.25, -0.2) is 0 Å². The van der Waals surface area contributed by atoms with Crippen molar-refractivity contribution in [3.63, 3.8) is 0 Å². The minimum atomic E-state index is -2.08. The number of hydrogen-bond donors (Lipinski definition) is 1. The quantitative estimate of drug-likeness (QED) is 0.0453. The van der Waals surface area contributed by atoms with Crippen molar-refractivity contribution in [2.24, 2.45) is 0 Å². The van der Waals surface area contributed by atoms with Crippen LogP contribution in [0.15, 0.2) is 69.3 Å². The average molecular weight is 998 g/mol. The summed E-state index contributed by atoms with van der Waals surface area (Å²) >= 11 is 0. The van der Waals surface area contributed by atoms with Crippen molar-refractivity contribution >= 4 is 17.1 Å². The van der Waals surface area contributed by atoms with Crippen LogP contribution in [0.2, 0.25) is 0 Å². The molecule has 0 unspecified atom stereocenters. The Morgan fingerprint density at radius 1 is 0.352 bits per heavy atom. The fraction of sp³-hybridized carbons (Fsp3) is 0.716. The lowest BCUT2D eigenvalue weighted by Crippen LogP contribution is -2.17. The monoisotopic (exact) mass is 997 g/mol. The standard InChI is InChI=1S/C66H111S.CH2O3/c1-7-13-19-25-31-38-46-58-54-60(48-40-33-27-21-15-9-3)65(61(55-58)49-41-34-28-22-16-10-4)67(64-52-44-37-45-53-64)66-62(50-42-35-29-23-17-11-5)56-59(47-39-32-26-20-14-8-2)57-63(66)51-43-36-30-24-18-12-6;2-1(3)4/h37,44-45,52-57H,7-36,38-43,46-51H2,1-6H3;(H2,2,3,4)/q+1;/p-1. The van der Waals surface area contributed by atoms with Crippen molar-refractivity contribution in [2.75, 3.05) is 0 Å². The molecule has 0 amide bonds. The number of carbonyl (C=O) groups is 1. The van der Waals surface area contributed by atoms with Gasteiger partial charge in [0.2, 0.25) is 6.16 Å². The molecule has 3 aromatic carbocycles. The maximum Gasteiger partial charge on any atom is 0.249 e. The van der Waals surface area contributed by atoms with E-state index in [0.717, 1.165) is 0 Å². The van der Waals surface area contributed by atoms with Crippen LogP contribution in [0.25, 0.3) is 0 Å². The molecule has 3 rings (SSSR count). The van der Waals surface area contributed by atoms with Crippen LogP contribution in [0.4, 0.5) is 4.79 Å². The number of benzene rings is 3. The van der Waals surface area contributed by atoms with Crippen LogP contribution < -0.4 is 5.11 Å². The van der Waals surface area contributed by atoms with E-state index >= 15 is 0 Å². The van der Waals surface area contributed by atoms with Crippen LogP contribution in [0, 0.1) is 0 Å². The van der Waals surface area contributed by atoms with E-state index in [1.165, 1.54) is 270 Å². The molecular formula is C67H112O3S. The SMILES string of the molecule is CCCCCCCCc1cc(CCCCCCCC)c([S+](c2ccccc2)c2c(CCCCCCCC)cc(CCCCCCCC)cc2CCCCCCCC)c(CCCCCCCC)c1.O=C([O-])O. The minimum Gasteiger partial charge on any atom is -0.565 e. The Kier molecular flexibility index (Phi) is 40.6. The van der Waals surface area contributed by atoms with Crippen molar-refractivity contribution in [3.05, 3.63) is 88.0 Å². The number of carboxylic acid groups (broad SMARTS) is 2. The van der Waals surface area contributed by atoms with Gasteiger partial charge >= 0.3 is 0 Å². The van der Waals surface area contributed by atoms with Gasteiger partial charge < -0.3 is 15.0 Å². The van der Waals surface area contributed by atoms with Crippen molar-refractivity contribution < 1.29 is 15.0 Å². The molecule has 3 nitrogen and oxygen atoms in total. The first kappa shape index (κ1) is 64.4. The molecule has 0 aliphatic rings. The Morgan fingerprint density at radius 3 is 0.803 bits per heavy atom. The summed E-state index contributed by atoms with van der Waals surface area (Å²) in [6.45, 7) is 14.1. The molecule has 71 heavy (non-hydrogen) atoms. The Labute approximate surface area is 443 Å². The lowest BCUT2D eigenvalue weighted by Gasteiger charge is -2.23. The summed E-state index contributed by atoms with van der Waals surface area (Å²) in [7, 11) is -0.141. The predicted octanol–water partition coefficient (Wildman–Crippen LogP) is 21.1. The summed E-state index contributed by atoms with van der Waals surface area (Å²) in [5, 5.41) is 15.3. The Balaban J connectivity index is 0.00000415. The van der Waals surface area contributed by atoms with Gasteiger partial charge in [-0.2, -0.15) is 0 Å². The number of aryl methyl sites for hydroxylation is 6. The lowest BCUT2D eigenvalue weighted by atomic mass is 9.94. The Bertz CT molecular complexity index is 1520. The molecule has 3 aromatic rings. The number of unbranched alkanes of at least 4 members (excludes halogenated alkanes) is 30. The molecule has 0 aromatic heterocycles. The lowest BCUT2D eigenvalue weighted by molar-refractivity contribution is -0.275. The zero-order valence-electron chi connectivity index (χ0n) is 47.6. The fourth-order valence-electron chi connectivity index (χ4n) is 10.7. The van der Waals surface area contributed by atoms with Crippen molar-refractivity contribution in [3.8, 4) is 0 Å². The average Bonchev–Trinajstić information content (AvgIpc) is 3.36. The first-order chi connectivity index (χ1) is 34.8. The Hall–Kier alpha value is -2.72. The van der Waals surface area contributed by atoms with Crippen molar-refractivity contribution in [1.29, 1.82) is 0 Å². The molecular weight excluding hydrogens is 885 g/mol. The molecule has 0 saturated heterocycles. The van der Waals surface area contributed by atoms with Gasteiger partial charge in [-0.1, -0.05) is 277 Å². The maximum absolute atomic E-state index is 8.44. The van der Waals surface area contributed by atoms with Gasteiger partial charge in [0.1, 0.15) is 10.9 Å². The van der Waals surface area contributed by atoms with Crippen molar-refractivity contribution in [2.45, 2.75) is 326 Å². The van der Waals surface area contributed by atoms with Crippen molar-refractivity contribution in [1.82, 2.24) is 0 Å². The van der Waals surface area contributed by atoms with Crippen LogP contribution in [0.5, 0.6) is 0 Å². The largest absolute Gasteiger partial charge is 0.565 e. The van der Waals surface area contributed by atoms with E-state index < -0.39 is 6.16 Å². The van der Waals surface area contributed by atoms with E-state index in [0.29, 0.717) is 0 Å². The molecule has 4 heteroatoms. The summed E-state index contributed by atoms with van der Waals surface area (Å²) in [4.78, 5) is 13.5. The maximum atomic E-state index is 8.44. The van der Waals surface area contributed by atoms with E-state index in [2.05, 4.69) is 96.1 Å². The highest BCUT2D eigenvalue weighted by Crippen LogP contribution is 2.43. The van der Waals surface area contributed by atoms with Gasteiger partial charge in [0.25, 0.3) is 0 Å². The zero-order valence-corrected chi connectivity index (χ0v) is 48.4. The molecule has 0 atom stereocenters. The highest BCUT2D eigenvalue weighted by atomic mass is 32.2. The highest BCUT2D eigenvalue weighted by molar-refractivity contribution is 7.97. The third-order valence-corrected chi connectivity index (χ3v) is 17.4. The van der Waals surface area contributed by atoms with Gasteiger partial charge in [0, 0.05) is 22.3 Å². The molecule has 0 aliphatic heterocycles. The third-order valence-electron chi connectivity index (χ3n) is 14.8.